The monoisotopic (exact) mass is 300 g/mol. The van der Waals surface area contributed by atoms with Crippen LogP contribution in [-0.2, 0) is 10.0 Å². The van der Waals surface area contributed by atoms with E-state index in [4.69, 9.17) is 4.74 Å². The quantitative estimate of drug-likeness (QED) is 0.744. The molecule has 114 valence electrons. The van der Waals surface area contributed by atoms with E-state index in [2.05, 4.69) is 12.2 Å². The molecule has 6 heteroatoms. The molecule has 0 saturated heterocycles. The fourth-order valence-corrected chi connectivity index (χ4v) is 3.09. The maximum Gasteiger partial charge on any atom is 0.238 e. The van der Waals surface area contributed by atoms with Crippen molar-refractivity contribution in [3.05, 3.63) is 24.3 Å². The molecule has 0 aliphatic heterocycles. The predicted molar refractivity (Wildman–Crippen MR) is 82.9 cm³/mol. The summed E-state index contributed by atoms with van der Waals surface area (Å²) in [6, 6.07) is 7.03. The van der Waals surface area contributed by atoms with E-state index < -0.39 is 15.3 Å². The SMILES string of the molecule is CCCNCC(C)S(=O)(=O)N(C)c1cccc(OC)c1. The molecule has 5 nitrogen and oxygen atoms in total. The fraction of sp³-hybridized carbons (Fsp3) is 0.571. The first kappa shape index (κ1) is 16.8. The molecule has 0 aliphatic rings. The Labute approximate surface area is 122 Å². The largest absolute Gasteiger partial charge is 0.497 e. The van der Waals surface area contributed by atoms with Crippen LogP contribution in [0.15, 0.2) is 24.3 Å². The highest BCUT2D eigenvalue weighted by Crippen LogP contribution is 2.23. The molecule has 1 atom stereocenters. The van der Waals surface area contributed by atoms with E-state index >= 15 is 0 Å². The third kappa shape index (κ3) is 4.11. The minimum absolute atomic E-state index is 0.449. The molecule has 0 aromatic heterocycles. The van der Waals surface area contributed by atoms with E-state index in [0.29, 0.717) is 18.0 Å². The number of nitrogens with one attached hydrogen (secondary N) is 1. The Hall–Kier alpha value is -1.27. The number of hydrogen-bond acceptors (Lipinski definition) is 4. The van der Waals surface area contributed by atoms with Crippen molar-refractivity contribution in [2.75, 3.05) is 31.6 Å². The molecular weight excluding hydrogens is 276 g/mol. The second-order valence-electron chi connectivity index (χ2n) is 4.73. The van der Waals surface area contributed by atoms with Gasteiger partial charge in [0.05, 0.1) is 18.0 Å². The smallest absolute Gasteiger partial charge is 0.238 e. The normalized spacial score (nSPS) is 13.0. The molecule has 0 bridgehead atoms. The number of methoxy groups -OCH3 is 1. The van der Waals surface area contributed by atoms with Crippen molar-refractivity contribution < 1.29 is 13.2 Å². The standard InChI is InChI=1S/C14H24N2O3S/c1-5-9-15-11-12(2)20(17,18)16(3)13-7-6-8-14(10-13)19-4/h6-8,10,12,15H,5,9,11H2,1-4H3. The first-order chi connectivity index (χ1) is 9.43. The van der Waals surface area contributed by atoms with Crippen LogP contribution in [0.5, 0.6) is 5.75 Å². The number of sulfonamides is 1. The Bertz CT molecular complexity index is 517. The van der Waals surface area contributed by atoms with Crippen LogP contribution in [-0.4, -0.2) is 40.9 Å². The molecular formula is C14H24N2O3S. The number of nitrogens with zero attached hydrogens (tertiary/aromatic N) is 1. The summed E-state index contributed by atoms with van der Waals surface area (Å²) in [6.45, 7) is 5.04. The van der Waals surface area contributed by atoms with Gasteiger partial charge in [0.2, 0.25) is 10.0 Å². The Morgan fingerprint density at radius 2 is 2.10 bits per heavy atom. The molecule has 1 unspecified atom stereocenters. The van der Waals surface area contributed by atoms with Gasteiger partial charge in [0.25, 0.3) is 0 Å². The van der Waals surface area contributed by atoms with Crippen LogP contribution in [0.1, 0.15) is 20.3 Å². The van der Waals surface area contributed by atoms with Gasteiger partial charge in [0.15, 0.2) is 0 Å². The first-order valence-electron chi connectivity index (χ1n) is 6.76. The third-order valence-electron chi connectivity index (χ3n) is 3.17. The maximum absolute atomic E-state index is 12.5. The number of rotatable bonds is 8. The van der Waals surface area contributed by atoms with Gasteiger partial charge in [-0.05, 0) is 32.0 Å². The van der Waals surface area contributed by atoms with Crippen LogP contribution < -0.4 is 14.4 Å². The van der Waals surface area contributed by atoms with Gasteiger partial charge in [-0.2, -0.15) is 0 Å². The van der Waals surface area contributed by atoms with Crippen LogP contribution in [0.2, 0.25) is 0 Å². The molecule has 0 saturated carbocycles. The van der Waals surface area contributed by atoms with Gasteiger partial charge in [-0.3, -0.25) is 4.31 Å². The van der Waals surface area contributed by atoms with E-state index in [1.807, 2.05) is 0 Å². The summed E-state index contributed by atoms with van der Waals surface area (Å²) in [5.74, 6) is 0.640. The molecule has 1 aromatic carbocycles. The van der Waals surface area contributed by atoms with E-state index in [-0.39, 0.29) is 0 Å². The molecule has 0 amide bonds. The van der Waals surface area contributed by atoms with Gasteiger partial charge in [0, 0.05) is 19.7 Å². The Balaban J connectivity index is 2.84. The molecule has 0 spiro atoms. The summed E-state index contributed by atoms with van der Waals surface area (Å²) in [6.07, 6.45) is 0.985. The van der Waals surface area contributed by atoms with Crippen molar-refractivity contribution in [2.24, 2.45) is 0 Å². The number of benzene rings is 1. The van der Waals surface area contributed by atoms with E-state index in [0.717, 1.165) is 13.0 Å². The zero-order valence-corrected chi connectivity index (χ0v) is 13.4. The third-order valence-corrected chi connectivity index (χ3v) is 5.32. The van der Waals surface area contributed by atoms with Crippen LogP contribution >= 0.6 is 0 Å². The topological polar surface area (TPSA) is 58.6 Å². The second kappa shape index (κ2) is 7.50. The Morgan fingerprint density at radius 3 is 2.70 bits per heavy atom. The summed E-state index contributed by atoms with van der Waals surface area (Å²) in [7, 11) is -0.252. The second-order valence-corrected chi connectivity index (χ2v) is 7.11. The molecule has 1 rings (SSSR count). The lowest BCUT2D eigenvalue weighted by Crippen LogP contribution is -2.40. The molecule has 1 aromatic rings. The van der Waals surface area contributed by atoms with Gasteiger partial charge in [-0.25, -0.2) is 8.42 Å². The van der Waals surface area contributed by atoms with Crippen LogP contribution in [0.3, 0.4) is 0 Å². The molecule has 0 heterocycles. The highest BCUT2D eigenvalue weighted by Gasteiger charge is 2.26. The van der Waals surface area contributed by atoms with Crippen molar-refractivity contribution in [2.45, 2.75) is 25.5 Å². The van der Waals surface area contributed by atoms with Crippen molar-refractivity contribution in [3.8, 4) is 5.75 Å². The average molecular weight is 300 g/mol. The van der Waals surface area contributed by atoms with Gasteiger partial charge < -0.3 is 10.1 Å². The lowest BCUT2D eigenvalue weighted by molar-refractivity contribution is 0.415. The molecule has 20 heavy (non-hydrogen) atoms. The van der Waals surface area contributed by atoms with Gasteiger partial charge in [-0.15, -0.1) is 0 Å². The predicted octanol–water partition coefficient (Wildman–Crippen LogP) is 1.85. The lowest BCUT2D eigenvalue weighted by Gasteiger charge is -2.24. The van der Waals surface area contributed by atoms with Crippen molar-refractivity contribution in [3.63, 3.8) is 0 Å². The number of anilines is 1. The van der Waals surface area contributed by atoms with E-state index in [1.54, 1.807) is 45.3 Å². The summed E-state index contributed by atoms with van der Waals surface area (Å²) < 4.78 is 31.4. The number of ether oxygens (including phenoxy) is 1. The zero-order chi connectivity index (χ0) is 15.2. The van der Waals surface area contributed by atoms with E-state index in [1.165, 1.54) is 4.31 Å². The molecule has 1 N–H and O–H groups in total. The Kier molecular flexibility index (Phi) is 6.29. The minimum Gasteiger partial charge on any atom is -0.497 e. The minimum atomic E-state index is -3.38. The van der Waals surface area contributed by atoms with Crippen molar-refractivity contribution in [1.29, 1.82) is 0 Å². The highest BCUT2D eigenvalue weighted by molar-refractivity contribution is 7.93. The summed E-state index contributed by atoms with van der Waals surface area (Å²) >= 11 is 0. The zero-order valence-electron chi connectivity index (χ0n) is 12.6. The maximum atomic E-state index is 12.5. The van der Waals surface area contributed by atoms with Crippen molar-refractivity contribution in [1.82, 2.24) is 5.32 Å². The van der Waals surface area contributed by atoms with Gasteiger partial charge in [-0.1, -0.05) is 13.0 Å². The highest BCUT2D eigenvalue weighted by atomic mass is 32.2. The van der Waals surface area contributed by atoms with Crippen molar-refractivity contribution >= 4 is 15.7 Å². The lowest BCUT2D eigenvalue weighted by atomic mass is 10.3. The Morgan fingerprint density at radius 1 is 1.40 bits per heavy atom. The summed E-state index contributed by atoms with van der Waals surface area (Å²) in [4.78, 5) is 0. The average Bonchev–Trinajstić information content (AvgIpc) is 2.46. The molecule has 0 aliphatic carbocycles. The van der Waals surface area contributed by atoms with Crippen LogP contribution in [0.4, 0.5) is 5.69 Å². The molecule has 0 radical (unpaired) electrons. The summed E-state index contributed by atoms with van der Waals surface area (Å²) in [5.41, 5.74) is 0.603. The van der Waals surface area contributed by atoms with E-state index in [9.17, 15) is 8.42 Å². The van der Waals surface area contributed by atoms with Gasteiger partial charge in [0.1, 0.15) is 5.75 Å². The van der Waals surface area contributed by atoms with Gasteiger partial charge >= 0.3 is 0 Å². The number of hydrogen-bond donors (Lipinski definition) is 1. The fourth-order valence-electron chi connectivity index (χ4n) is 1.81. The first-order valence-corrected chi connectivity index (χ1v) is 8.26. The summed E-state index contributed by atoms with van der Waals surface area (Å²) in [5, 5.41) is 2.66. The van der Waals surface area contributed by atoms with Crippen LogP contribution in [0.25, 0.3) is 0 Å². The molecule has 0 fully saturated rings. The van der Waals surface area contributed by atoms with Crippen LogP contribution in [0, 0.1) is 0 Å².